The van der Waals surface area contributed by atoms with Gasteiger partial charge in [-0.25, -0.2) is 24.3 Å². The van der Waals surface area contributed by atoms with Crippen LogP contribution in [-0.2, 0) is 24.1 Å². The SMILES string of the molecule is [Fe+2].[I][Au]([I])[I].c1cc[cH-]c1.c1cc[cH-]c1. The Hall–Kier alpha value is 2.15. The van der Waals surface area contributed by atoms with Gasteiger partial charge in [-0.3, -0.25) is 0 Å². The molecule has 0 radical (unpaired) electrons. The topological polar surface area (TPSA) is 0 Å². The van der Waals surface area contributed by atoms with Gasteiger partial charge in [-0.05, 0) is 0 Å². The van der Waals surface area contributed by atoms with Gasteiger partial charge in [0.25, 0.3) is 0 Å². The molecule has 0 saturated carbocycles. The first-order valence-corrected chi connectivity index (χ1v) is 22.1. The summed E-state index contributed by atoms with van der Waals surface area (Å²) in [6.45, 7) is -0.294. The predicted octanol–water partition coefficient (Wildman–Crippen LogP) is 5.46. The van der Waals surface area contributed by atoms with Gasteiger partial charge < -0.3 is 0 Å². The molecule has 90 valence electrons. The summed E-state index contributed by atoms with van der Waals surface area (Å²) in [7, 11) is 0. The maximum atomic E-state index is 2.46. The van der Waals surface area contributed by atoms with Gasteiger partial charge in [-0.2, -0.15) is 36.4 Å². The Morgan fingerprint density at radius 3 is 0.933 bits per heavy atom. The molecule has 0 atom stereocenters. The minimum absolute atomic E-state index is 0. The number of halogens is 3. The Morgan fingerprint density at radius 1 is 0.667 bits per heavy atom. The van der Waals surface area contributed by atoms with Crippen molar-refractivity contribution < 1.29 is 24.1 Å². The van der Waals surface area contributed by atoms with Gasteiger partial charge >= 0.3 is 81.1 Å². The minimum Gasteiger partial charge on any atom is -0.214 e. The zero-order valence-corrected chi connectivity index (χ0v) is 17.3. The van der Waals surface area contributed by atoms with E-state index in [0.29, 0.717) is 0 Å². The maximum Gasteiger partial charge on any atom is -0.172 e. The van der Waals surface area contributed by atoms with Crippen LogP contribution in [0.3, 0.4) is 0 Å². The Balaban J connectivity index is 0. The first kappa shape index (κ1) is 19.5. The summed E-state index contributed by atoms with van der Waals surface area (Å²) in [6.07, 6.45) is 0. The third-order valence-corrected chi connectivity index (χ3v) is 1.11. The Morgan fingerprint density at radius 2 is 0.867 bits per heavy atom. The number of hydrogen-bond donors (Lipinski definition) is 0. The van der Waals surface area contributed by atoms with E-state index in [9.17, 15) is 0 Å². The average Bonchev–Trinajstić information content (AvgIpc) is 2.83. The van der Waals surface area contributed by atoms with E-state index in [1.807, 2.05) is 60.7 Å². The molecule has 0 spiro atoms. The van der Waals surface area contributed by atoms with Crippen molar-refractivity contribution in [3.8, 4) is 0 Å². The summed E-state index contributed by atoms with van der Waals surface area (Å²) in [5, 5.41) is 0. The standard InChI is InChI=1S/2C5H5.Au.Fe.3HI/c2*1-2-4-5-3-1;;;;;/h2*1-5H;;;3*1H/q2*-1;+3;+2;;;/p-3. The molecule has 0 saturated heterocycles. The van der Waals surface area contributed by atoms with Crippen LogP contribution in [-0.4, -0.2) is 0 Å². The van der Waals surface area contributed by atoms with E-state index in [0.717, 1.165) is 0 Å². The molecular formula is C10H10AuFeI3. The molecule has 0 N–H and O–H groups in total. The van der Waals surface area contributed by atoms with Crippen molar-refractivity contribution in [2.45, 2.75) is 0 Å². The summed E-state index contributed by atoms with van der Waals surface area (Å²) in [6, 6.07) is 20.0. The van der Waals surface area contributed by atoms with Crippen molar-refractivity contribution in [2.24, 2.45) is 0 Å². The van der Waals surface area contributed by atoms with E-state index in [4.69, 9.17) is 0 Å². The van der Waals surface area contributed by atoms with E-state index in [1.165, 1.54) is 0 Å². The fourth-order valence-corrected chi connectivity index (χ4v) is 0.642. The van der Waals surface area contributed by atoms with Gasteiger partial charge in [0, 0.05) is 0 Å². The van der Waals surface area contributed by atoms with Crippen LogP contribution in [0.1, 0.15) is 0 Å². The van der Waals surface area contributed by atoms with E-state index >= 15 is 0 Å². The van der Waals surface area contributed by atoms with Gasteiger partial charge in [0.05, 0.1) is 0 Å². The van der Waals surface area contributed by atoms with Crippen LogP contribution >= 0.6 is 57.1 Å². The monoisotopic (exact) mass is 764 g/mol. The van der Waals surface area contributed by atoms with Gasteiger partial charge in [-0.15, -0.1) is 0 Å². The molecule has 0 fully saturated rings. The fourth-order valence-electron chi connectivity index (χ4n) is 0.642. The Bertz CT molecular complexity index is 193. The van der Waals surface area contributed by atoms with E-state index in [2.05, 4.69) is 57.1 Å². The van der Waals surface area contributed by atoms with Crippen LogP contribution in [0.4, 0.5) is 0 Å². The molecule has 0 aliphatic carbocycles. The molecular weight excluding hydrogens is 754 g/mol. The van der Waals surface area contributed by atoms with Gasteiger partial charge in [0.2, 0.25) is 0 Å². The molecule has 0 aliphatic rings. The van der Waals surface area contributed by atoms with Crippen LogP contribution in [0, 0.1) is 0 Å². The predicted molar refractivity (Wildman–Crippen MR) is 86.1 cm³/mol. The second-order valence-corrected chi connectivity index (χ2v) is 49.5. The first-order chi connectivity index (χ1) is 6.73. The van der Waals surface area contributed by atoms with Gasteiger partial charge in [0.15, 0.2) is 0 Å². The summed E-state index contributed by atoms with van der Waals surface area (Å²) in [5.74, 6) is 0. The van der Waals surface area contributed by atoms with Crippen molar-refractivity contribution in [1.29, 1.82) is 0 Å². The van der Waals surface area contributed by atoms with Gasteiger partial charge in [0.1, 0.15) is 0 Å². The smallest absolute Gasteiger partial charge is 0.172 e. The average molecular weight is 764 g/mol. The van der Waals surface area contributed by atoms with E-state index < -0.39 is 0 Å². The largest absolute Gasteiger partial charge is 0.214 e. The third kappa shape index (κ3) is 21.9. The molecule has 0 aromatic heterocycles. The molecule has 2 aromatic carbocycles. The summed E-state index contributed by atoms with van der Waals surface area (Å²) in [4.78, 5) is 0. The quantitative estimate of drug-likeness (QED) is 0.190. The van der Waals surface area contributed by atoms with Crippen LogP contribution < -0.4 is 0 Å². The van der Waals surface area contributed by atoms with Crippen LogP contribution in [0.5, 0.6) is 0 Å². The van der Waals surface area contributed by atoms with Crippen molar-refractivity contribution in [1.82, 2.24) is 0 Å². The molecule has 15 heavy (non-hydrogen) atoms. The molecule has 0 nitrogen and oxygen atoms in total. The zero-order valence-electron chi connectivity index (χ0n) is 7.56. The van der Waals surface area contributed by atoms with Crippen molar-refractivity contribution in [3.63, 3.8) is 0 Å². The van der Waals surface area contributed by atoms with E-state index in [1.54, 1.807) is 0 Å². The van der Waals surface area contributed by atoms with Crippen molar-refractivity contribution in [3.05, 3.63) is 60.7 Å². The fraction of sp³-hybridized carbons (Fsp3) is 0. The van der Waals surface area contributed by atoms with Crippen molar-refractivity contribution in [2.75, 3.05) is 0 Å². The second-order valence-electron chi connectivity index (χ2n) is 2.05. The molecule has 0 bridgehead atoms. The first-order valence-electron chi connectivity index (χ1n) is 3.68. The van der Waals surface area contributed by atoms with E-state index in [-0.39, 0.29) is 24.1 Å². The molecule has 2 aromatic rings. The van der Waals surface area contributed by atoms with Gasteiger partial charge in [-0.1, -0.05) is 0 Å². The Kier molecular flexibility index (Phi) is 21.0. The van der Waals surface area contributed by atoms with Crippen LogP contribution in [0.25, 0.3) is 0 Å². The molecule has 2 rings (SSSR count). The second kappa shape index (κ2) is 16.1. The zero-order chi connectivity index (χ0) is 10.6. The summed E-state index contributed by atoms with van der Waals surface area (Å²) >= 11 is 7.39. The Labute approximate surface area is 139 Å². The molecule has 0 unspecified atom stereocenters. The van der Waals surface area contributed by atoms with Crippen LogP contribution in [0.2, 0.25) is 0 Å². The van der Waals surface area contributed by atoms with Crippen LogP contribution in [0.15, 0.2) is 60.7 Å². The molecule has 0 aliphatic heterocycles. The number of rotatable bonds is 0. The van der Waals surface area contributed by atoms with Crippen molar-refractivity contribution >= 4 is 57.1 Å². The summed E-state index contributed by atoms with van der Waals surface area (Å²) in [5.41, 5.74) is 0. The molecule has 0 heterocycles. The normalized spacial score (nSPS) is 8.33. The molecule has 5 heteroatoms. The molecule has 0 amide bonds. The summed E-state index contributed by atoms with van der Waals surface area (Å²) < 4.78 is 0. The number of hydrogen-bond acceptors (Lipinski definition) is 0. The third-order valence-electron chi connectivity index (χ3n) is 1.11. The maximum absolute atomic E-state index is 2.46. The minimum atomic E-state index is -0.294.